The van der Waals surface area contributed by atoms with Crippen LogP contribution in [0.25, 0.3) is 16.7 Å². The highest BCUT2D eigenvalue weighted by atomic mass is 79.9. The monoisotopic (exact) mass is 321 g/mol. The molecule has 0 saturated heterocycles. The highest BCUT2D eigenvalue weighted by molar-refractivity contribution is 9.10. The number of benzene rings is 1. The first-order valence-corrected chi connectivity index (χ1v) is 6.59. The van der Waals surface area contributed by atoms with Crippen LogP contribution in [0.3, 0.4) is 0 Å². The van der Waals surface area contributed by atoms with E-state index in [1.807, 2.05) is 35.9 Å². The second kappa shape index (κ2) is 4.37. The van der Waals surface area contributed by atoms with Gasteiger partial charge in [0, 0.05) is 10.7 Å². The number of pyridine rings is 1. The minimum Gasteiger partial charge on any atom is -0.236 e. The third-order valence-electron chi connectivity index (χ3n) is 2.76. The minimum atomic E-state index is 0.681. The van der Waals surface area contributed by atoms with E-state index in [0.29, 0.717) is 5.02 Å². The van der Waals surface area contributed by atoms with Gasteiger partial charge < -0.3 is 0 Å². The molecule has 0 atom stereocenters. The van der Waals surface area contributed by atoms with Crippen LogP contribution in [0.1, 0.15) is 5.69 Å². The molecular weight excluding hydrogens is 314 g/mol. The van der Waals surface area contributed by atoms with E-state index in [4.69, 9.17) is 11.6 Å². The lowest BCUT2D eigenvalue weighted by Gasteiger charge is -2.02. The molecule has 0 spiro atoms. The first-order chi connectivity index (χ1) is 8.66. The molecule has 2 aromatic heterocycles. The summed E-state index contributed by atoms with van der Waals surface area (Å²) in [5, 5.41) is 6.09. The molecule has 3 rings (SSSR count). The van der Waals surface area contributed by atoms with E-state index in [-0.39, 0.29) is 0 Å². The van der Waals surface area contributed by atoms with Gasteiger partial charge in [-0.05, 0) is 37.3 Å². The summed E-state index contributed by atoms with van der Waals surface area (Å²) < 4.78 is 2.84. The Balaban J connectivity index is 2.30. The molecule has 2 heterocycles. The normalized spacial score (nSPS) is 11.1. The second-order valence-corrected chi connectivity index (χ2v) is 5.29. The van der Waals surface area contributed by atoms with Crippen LogP contribution >= 0.6 is 27.5 Å². The Morgan fingerprint density at radius 1 is 1.17 bits per heavy atom. The predicted molar refractivity (Wildman–Crippen MR) is 76.3 cm³/mol. The van der Waals surface area contributed by atoms with E-state index in [2.05, 4.69) is 26.0 Å². The van der Waals surface area contributed by atoms with Gasteiger partial charge in [-0.25, -0.2) is 9.67 Å². The highest BCUT2D eigenvalue weighted by Gasteiger charge is 2.12. The Morgan fingerprint density at radius 3 is 2.61 bits per heavy atom. The van der Waals surface area contributed by atoms with Crippen molar-refractivity contribution < 1.29 is 0 Å². The van der Waals surface area contributed by atoms with Crippen molar-refractivity contribution in [3.8, 4) is 5.69 Å². The quantitative estimate of drug-likeness (QED) is 0.674. The highest BCUT2D eigenvalue weighted by Crippen LogP contribution is 2.26. The number of aryl methyl sites for hydroxylation is 1. The van der Waals surface area contributed by atoms with Gasteiger partial charge >= 0.3 is 0 Å². The van der Waals surface area contributed by atoms with Crippen molar-refractivity contribution in [2.45, 2.75) is 6.92 Å². The van der Waals surface area contributed by atoms with E-state index in [1.165, 1.54) is 0 Å². The zero-order valence-corrected chi connectivity index (χ0v) is 11.9. The molecule has 90 valence electrons. The van der Waals surface area contributed by atoms with Gasteiger partial charge in [-0.1, -0.05) is 27.5 Å². The van der Waals surface area contributed by atoms with Crippen LogP contribution < -0.4 is 0 Å². The molecule has 0 radical (unpaired) electrons. The third kappa shape index (κ3) is 1.82. The zero-order chi connectivity index (χ0) is 12.7. The summed E-state index contributed by atoms with van der Waals surface area (Å²) >= 11 is 9.61. The molecule has 0 aliphatic rings. The molecule has 1 aromatic carbocycles. The van der Waals surface area contributed by atoms with Gasteiger partial charge in [-0.3, -0.25) is 0 Å². The van der Waals surface area contributed by atoms with Crippen LogP contribution in [-0.4, -0.2) is 14.8 Å². The van der Waals surface area contributed by atoms with Gasteiger partial charge in [0.1, 0.15) is 0 Å². The molecule has 5 heteroatoms. The van der Waals surface area contributed by atoms with Crippen molar-refractivity contribution in [1.29, 1.82) is 0 Å². The van der Waals surface area contributed by atoms with Crippen LogP contribution in [0, 0.1) is 6.92 Å². The Kier molecular flexibility index (Phi) is 2.84. The molecule has 0 N–H and O–H groups in total. The largest absolute Gasteiger partial charge is 0.236 e. The van der Waals surface area contributed by atoms with Crippen LogP contribution in [0.5, 0.6) is 0 Å². The fourth-order valence-electron chi connectivity index (χ4n) is 1.93. The molecule has 3 nitrogen and oxygen atoms in total. The lowest BCUT2D eigenvalue weighted by molar-refractivity contribution is 0.877. The number of aromatic nitrogens is 3. The molecule has 0 amide bonds. The summed E-state index contributed by atoms with van der Waals surface area (Å²) in [5.74, 6) is 0. The molecule has 0 unspecified atom stereocenters. The van der Waals surface area contributed by atoms with Gasteiger partial charge in [-0.15, -0.1) is 0 Å². The van der Waals surface area contributed by atoms with Gasteiger partial charge in [0.25, 0.3) is 0 Å². The molecule has 18 heavy (non-hydrogen) atoms. The maximum absolute atomic E-state index is 6.19. The fraction of sp³-hybridized carbons (Fsp3) is 0.0769. The topological polar surface area (TPSA) is 30.7 Å². The lowest BCUT2D eigenvalue weighted by Crippen LogP contribution is -1.97. The number of hydrogen-bond acceptors (Lipinski definition) is 2. The number of nitrogens with zero attached hydrogens (tertiary/aromatic N) is 3. The molecule has 0 bridgehead atoms. The number of rotatable bonds is 1. The Hall–Kier alpha value is -1.39. The van der Waals surface area contributed by atoms with Crippen molar-refractivity contribution in [2.24, 2.45) is 0 Å². The van der Waals surface area contributed by atoms with Crippen LogP contribution in [0.15, 0.2) is 41.0 Å². The first kappa shape index (κ1) is 11.7. The number of fused-ring (bicyclic) bond motifs is 1. The van der Waals surface area contributed by atoms with E-state index in [1.54, 1.807) is 12.3 Å². The van der Waals surface area contributed by atoms with Gasteiger partial charge in [0.05, 0.1) is 21.8 Å². The van der Waals surface area contributed by atoms with E-state index < -0.39 is 0 Å². The summed E-state index contributed by atoms with van der Waals surface area (Å²) in [6.45, 7) is 1.94. The first-order valence-electron chi connectivity index (χ1n) is 5.42. The zero-order valence-electron chi connectivity index (χ0n) is 9.56. The summed E-state index contributed by atoms with van der Waals surface area (Å²) in [5.41, 5.74) is 2.62. The van der Waals surface area contributed by atoms with Crippen molar-refractivity contribution >= 4 is 38.6 Å². The van der Waals surface area contributed by atoms with Crippen molar-refractivity contribution in [2.75, 3.05) is 0 Å². The lowest BCUT2D eigenvalue weighted by atomic mass is 10.3. The summed E-state index contributed by atoms with van der Waals surface area (Å²) in [7, 11) is 0. The van der Waals surface area contributed by atoms with Crippen LogP contribution in [0.2, 0.25) is 5.02 Å². The molecule has 0 saturated carbocycles. The fourth-order valence-corrected chi connectivity index (χ4v) is 2.47. The molecule has 3 aromatic rings. The Bertz CT molecular complexity index is 719. The van der Waals surface area contributed by atoms with Crippen molar-refractivity contribution in [3.05, 3.63) is 51.7 Å². The Morgan fingerprint density at radius 2 is 1.89 bits per heavy atom. The smallest absolute Gasteiger partial charge is 0.164 e. The Labute approximate surface area is 118 Å². The van der Waals surface area contributed by atoms with Gasteiger partial charge in [-0.2, -0.15) is 5.10 Å². The van der Waals surface area contributed by atoms with Crippen LogP contribution in [0.4, 0.5) is 0 Å². The van der Waals surface area contributed by atoms with Crippen LogP contribution in [-0.2, 0) is 0 Å². The second-order valence-electron chi connectivity index (χ2n) is 3.97. The maximum Gasteiger partial charge on any atom is 0.164 e. The summed E-state index contributed by atoms with van der Waals surface area (Å²) in [6.07, 6.45) is 1.70. The summed E-state index contributed by atoms with van der Waals surface area (Å²) in [6, 6.07) is 9.70. The standard InChI is InChI=1S/C13H9BrClN3/c1-8-12-11(15)6-7-16-13(12)18(17-8)10-4-2-9(14)3-5-10/h2-7H,1H3. The van der Waals surface area contributed by atoms with Crippen molar-refractivity contribution in [3.63, 3.8) is 0 Å². The van der Waals surface area contributed by atoms with Gasteiger partial charge in [0.2, 0.25) is 0 Å². The number of halogens is 2. The molecular formula is C13H9BrClN3. The van der Waals surface area contributed by atoms with E-state index in [0.717, 1.165) is 26.9 Å². The summed E-state index contributed by atoms with van der Waals surface area (Å²) in [4.78, 5) is 4.37. The average molecular weight is 323 g/mol. The molecule has 0 fully saturated rings. The van der Waals surface area contributed by atoms with E-state index >= 15 is 0 Å². The van der Waals surface area contributed by atoms with Crippen molar-refractivity contribution in [1.82, 2.24) is 14.8 Å². The third-order valence-corrected chi connectivity index (χ3v) is 3.61. The maximum atomic E-state index is 6.19. The average Bonchev–Trinajstić information content (AvgIpc) is 2.69. The minimum absolute atomic E-state index is 0.681. The number of hydrogen-bond donors (Lipinski definition) is 0. The molecule has 0 aliphatic heterocycles. The van der Waals surface area contributed by atoms with Gasteiger partial charge in [0.15, 0.2) is 5.65 Å². The SMILES string of the molecule is Cc1nn(-c2ccc(Br)cc2)c2nccc(Cl)c12. The van der Waals surface area contributed by atoms with E-state index in [9.17, 15) is 0 Å². The predicted octanol–water partition coefficient (Wildman–Crippen LogP) is 4.14. The molecule has 0 aliphatic carbocycles.